The number of carbonyl (C=O) groups excluding carboxylic acids is 2. The van der Waals surface area contributed by atoms with Crippen molar-refractivity contribution in [3.63, 3.8) is 0 Å². The van der Waals surface area contributed by atoms with Crippen molar-refractivity contribution in [2.75, 3.05) is 13.1 Å². The van der Waals surface area contributed by atoms with Gasteiger partial charge in [0.1, 0.15) is 5.92 Å². The first-order valence-electron chi connectivity index (χ1n) is 10.5. The molecular weight excluding hydrogens is 446 g/mol. The summed E-state index contributed by atoms with van der Waals surface area (Å²) in [5.41, 5.74) is 1.27. The highest BCUT2D eigenvalue weighted by Crippen LogP contribution is 2.17. The summed E-state index contributed by atoms with van der Waals surface area (Å²) in [7, 11) is -4.12. The summed E-state index contributed by atoms with van der Waals surface area (Å²) >= 11 is 0. The van der Waals surface area contributed by atoms with E-state index < -0.39 is 32.7 Å². The molecule has 0 bridgehead atoms. The third kappa shape index (κ3) is 7.83. The van der Waals surface area contributed by atoms with E-state index in [1.807, 2.05) is 4.72 Å². The minimum atomic E-state index is -4.12. The second-order valence-corrected chi connectivity index (χ2v) is 8.82. The number of sulfonamides is 1. The van der Waals surface area contributed by atoms with Crippen molar-refractivity contribution in [2.24, 2.45) is 5.92 Å². The van der Waals surface area contributed by atoms with Gasteiger partial charge in [-0.3, -0.25) is 19.7 Å². The van der Waals surface area contributed by atoms with E-state index in [2.05, 4.69) is 0 Å². The molecule has 176 valence electrons. The zero-order valence-corrected chi connectivity index (χ0v) is 19.3. The highest BCUT2D eigenvalue weighted by molar-refractivity contribution is 7.93. The largest absolute Gasteiger partial charge is 0.343 e. The fourth-order valence-corrected chi connectivity index (χ4v) is 4.02. The Kier molecular flexibility index (Phi) is 9.29. The number of benzene rings is 2. The number of hydrogen-bond acceptors (Lipinski definition) is 6. The first-order valence-corrected chi connectivity index (χ1v) is 12.0. The number of carbonyl (C=O) groups is 2. The summed E-state index contributed by atoms with van der Waals surface area (Å²) in [4.78, 5) is 37.6. The fraction of sp³-hybridized carbons (Fsp3) is 0.304. The van der Waals surface area contributed by atoms with Crippen molar-refractivity contribution in [3.05, 3.63) is 81.2 Å². The van der Waals surface area contributed by atoms with Crippen LogP contribution in [0.4, 0.5) is 5.69 Å². The molecule has 2 rings (SSSR count). The second-order valence-electron chi connectivity index (χ2n) is 7.25. The summed E-state index contributed by atoms with van der Waals surface area (Å²) in [5, 5.41) is 11.7. The zero-order chi connectivity index (χ0) is 24.4. The van der Waals surface area contributed by atoms with Crippen LogP contribution in [0, 0.1) is 16.0 Å². The number of nitro benzene ring substituents is 1. The van der Waals surface area contributed by atoms with Crippen molar-refractivity contribution in [1.29, 1.82) is 0 Å². The van der Waals surface area contributed by atoms with Gasteiger partial charge in [0.2, 0.25) is 11.8 Å². The lowest BCUT2D eigenvalue weighted by Gasteiger charge is -2.24. The minimum Gasteiger partial charge on any atom is -0.343 e. The molecule has 0 aromatic heterocycles. The molecule has 1 atom stereocenters. The Labute approximate surface area is 193 Å². The van der Waals surface area contributed by atoms with Gasteiger partial charge in [0.05, 0.1) is 10.3 Å². The van der Waals surface area contributed by atoms with E-state index in [1.54, 1.807) is 56.3 Å². The smallest absolute Gasteiger partial charge is 0.269 e. The number of nitrogens with zero attached hydrogens (tertiary/aromatic N) is 2. The van der Waals surface area contributed by atoms with Crippen LogP contribution in [0.1, 0.15) is 31.4 Å². The minimum absolute atomic E-state index is 0.0525. The van der Waals surface area contributed by atoms with Gasteiger partial charge in [-0.15, -0.1) is 0 Å². The Bertz CT molecular complexity index is 1090. The topological polar surface area (TPSA) is 127 Å². The molecule has 0 aliphatic carbocycles. The predicted octanol–water partition coefficient (Wildman–Crippen LogP) is 3.13. The van der Waals surface area contributed by atoms with E-state index in [-0.39, 0.29) is 18.5 Å². The summed E-state index contributed by atoms with van der Waals surface area (Å²) in [5.74, 6) is -2.60. The molecule has 0 aliphatic rings. The van der Waals surface area contributed by atoms with E-state index in [0.29, 0.717) is 24.2 Å². The van der Waals surface area contributed by atoms with Crippen LogP contribution >= 0.6 is 0 Å². The highest BCUT2D eigenvalue weighted by atomic mass is 32.2. The zero-order valence-electron chi connectivity index (χ0n) is 18.5. The van der Waals surface area contributed by atoms with Gasteiger partial charge in [0, 0.05) is 25.2 Å². The standard InChI is InChI=1S/C23H27N3O6S/c1-3-25(4-2)23(28)21(15-12-19-10-13-20(14-11-19)26(29)30)22(27)24-33(31,32)17-16-18-8-6-5-7-9-18/h5-11,13-14,16-17,21H,3-4,12,15H2,1-2H3,(H,24,27). The van der Waals surface area contributed by atoms with E-state index in [0.717, 1.165) is 5.41 Å². The van der Waals surface area contributed by atoms with Gasteiger partial charge in [-0.05, 0) is 43.9 Å². The summed E-state index contributed by atoms with van der Waals surface area (Å²) in [6.07, 6.45) is 1.67. The maximum Gasteiger partial charge on any atom is 0.269 e. The van der Waals surface area contributed by atoms with Gasteiger partial charge >= 0.3 is 0 Å². The lowest BCUT2D eigenvalue weighted by atomic mass is 9.97. The Balaban J connectivity index is 2.17. The van der Waals surface area contributed by atoms with Crippen molar-refractivity contribution in [1.82, 2.24) is 9.62 Å². The van der Waals surface area contributed by atoms with Gasteiger partial charge in [-0.25, -0.2) is 13.1 Å². The number of amides is 2. The molecule has 0 spiro atoms. The van der Waals surface area contributed by atoms with E-state index in [4.69, 9.17) is 0 Å². The first-order chi connectivity index (χ1) is 15.7. The molecule has 2 aromatic rings. The highest BCUT2D eigenvalue weighted by Gasteiger charge is 2.31. The summed E-state index contributed by atoms with van der Waals surface area (Å²) < 4.78 is 26.8. The Morgan fingerprint density at radius 3 is 2.21 bits per heavy atom. The SMILES string of the molecule is CCN(CC)C(=O)C(CCc1ccc([N+](=O)[O-])cc1)C(=O)NS(=O)(=O)C=Cc1ccccc1. The van der Waals surface area contributed by atoms with Gasteiger partial charge < -0.3 is 4.90 Å². The van der Waals surface area contributed by atoms with Gasteiger partial charge in [-0.2, -0.15) is 0 Å². The third-order valence-electron chi connectivity index (χ3n) is 5.04. The van der Waals surface area contributed by atoms with Crippen molar-refractivity contribution in [2.45, 2.75) is 26.7 Å². The van der Waals surface area contributed by atoms with Crippen LogP contribution in [-0.2, 0) is 26.0 Å². The molecule has 0 saturated heterocycles. The molecule has 10 heteroatoms. The number of non-ortho nitro benzene ring substituents is 1. The summed E-state index contributed by atoms with van der Waals surface area (Å²) in [6, 6.07) is 14.5. The average Bonchev–Trinajstić information content (AvgIpc) is 2.79. The quantitative estimate of drug-likeness (QED) is 0.303. The molecule has 9 nitrogen and oxygen atoms in total. The molecule has 1 unspecified atom stereocenters. The van der Waals surface area contributed by atoms with Crippen molar-refractivity contribution >= 4 is 33.6 Å². The van der Waals surface area contributed by atoms with Crippen LogP contribution in [0.25, 0.3) is 6.08 Å². The lowest BCUT2D eigenvalue weighted by Crippen LogP contribution is -2.45. The van der Waals surface area contributed by atoms with E-state index >= 15 is 0 Å². The lowest BCUT2D eigenvalue weighted by molar-refractivity contribution is -0.384. The normalized spacial score (nSPS) is 12.3. The van der Waals surface area contributed by atoms with Gasteiger partial charge in [-0.1, -0.05) is 42.5 Å². The average molecular weight is 474 g/mol. The van der Waals surface area contributed by atoms with Gasteiger partial charge in [0.15, 0.2) is 0 Å². The third-order valence-corrected chi connectivity index (χ3v) is 6.02. The van der Waals surface area contributed by atoms with Crippen LogP contribution in [0.15, 0.2) is 60.0 Å². The molecule has 0 aliphatic heterocycles. The number of aryl methyl sites for hydroxylation is 1. The van der Waals surface area contributed by atoms with E-state index in [1.165, 1.54) is 23.1 Å². The Morgan fingerprint density at radius 2 is 1.67 bits per heavy atom. The van der Waals surface area contributed by atoms with Gasteiger partial charge in [0.25, 0.3) is 15.7 Å². The van der Waals surface area contributed by atoms with Crippen LogP contribution in [0.5, 0.6) is 0 Å². The molecule has 33 heavy (non-hydrogen) atoms. The molecule has 0 heterocycles. The maximum absolute atomic E-state index is 12.9. The number of nitrogens with one attached hydrogen (secondary N) is 1. The first kappa shape index (κ1) is 25.7. The van der Waals surface area contributed by atoms with E-state index in [9.17, 15) is 28.1 Å². The Hall–Kier alpha value is -3.53. The van der Waals surface area contributed by atoms with Crippen molar-refractivity contribution in [3.8, 4) is 0 Å². The van der Waals surface area contributed by atoms with Crippen molar-refractivity contribution < 1.29 is 22.9 Å². The predicted molar refractivity (Wildman–Crippen MR) is 125 cm³/mol. The summed E-state index contributed by atoms with van der Waals surface area (Å²) in [6.45, 7) is 4.28. The maximum atomic E-state index is 12.9. The molecule has 2 aromatic carbocycles. The number of hydrogen-bond donors (Lipinski definition) is 1. The van der Waals surface area contributed by atoms with Crippen LogP contribution < -0.4 is 4.72 Å². The van der Waals surface area contributed by atoms with Crippen LogP contribution in [-0.4, -0.2) is 43.1 Å². The number of rotatable bonds is 11. The molecular formula is C23H27N3O6S. The fourth-order valence-electron chi connectivity index (χ4n) is 3.20. The molecule has 2 amide bonds. The monoisotopic (exact) mass is 473 g/mol. The molecule has 0 saturated carbocycles. The molecule has 0 radical (unpaired) electrons. The van der Waals surface area contributed by atoms with Crippen LogP contribution in [0.3, 0.4) is 0 Å². The number of nitro groups is 1. The Morgan fingerprint density at radius 1 is 1.06 bits per heavy atom. The second kappa shape index (κ2) is 11.9. The molecule has 1 N–H and O–H groups in total. The van der Waals surface area contributed by atoms with Crippen LogP contribution in [0.2, 0.25) is 0 Å². The molecule has 0 fully saturated rings.